The molecule has 2 heterocycles. The maximum absolute atomic E-state index is 11.7. The molecule has 1 aromatic rings. The molecule has 26 heavy (non-hydrogen) atoms. The summed E-state index contributed by atoms with van der Waals surface area (Å²) in [7, 11) is -3.05. The first-order valence-corrected chi connectivity index (χ1v) is 11.2. The first-order chi connectivity index (χ1) is 12.4. The number of hydrogen-bond acceptors (Lipinski definition) is 5. The van der Waals surface area contributed by atoms with Gasteiger partial charge in [0.25, 0.3) is 0 Å². The molecule has 0 unspecified atom stereocenters. The maximum atomic E-state index is 11.7. The summed E-state index contributed by atoms with van der Waals surface area (Å²) in [6.45, 7) is 7.48. The average molecular weight is 377 g/mol. The van der Waals surface area contributed by atoms with Gasteiger partial charge in [-0.2, -0.15) is 5.26 Å². The van der Waals surface area contributed by atoms with Crippen molar-refractivity contribution in [1.29, 1.82) is 5.26 Å². The normalized spacial score (nSPS) is 23.6. The minimum Gasteiger partial charge on any atom is -0.302 e. The maximum Gasteiger partial charge on any atom is 0.211 e. The first-order valence-electron chi connectivity index (χ1n) is 9.33. The quantitative estimate of drug-likeness (QED) is 0.776. The van der Waals surface area contributed by atoms with Gasteiger partial charge in [-0.05, 0) is 49.5 Å². The lowest BCUT2D eigenvalue weighted by molar-refractivity contribution is 0.228. The summed E-state index contributed by atoms with van der Waals surface area (Å²) in [5, 5.41) is 8.89. The van der Waals surface area contributed by atoms with Gasteiger partial charge in [0.15, 0.2) is 0 Å². The molecule has 3 rings (SSSR count). The molecular formula is C19H28N4O2S. The van der Waals surface area contributed by atoms with E-state index in [4.69, 9.17) is 5.26 Å². The zero-order valence-corrected chi connectivity index (χ0v) is 16.3. The highest BCUT2D eigenvalue weighted by molar-refractivity contribution is 7.88. The van der Waals surface area contributed by atoms with Crippen molar-refractivity contribution in [2.24, 2.45) is 5.92 Å². The van der Waals surface area contributed by atoms with Gasteiger partial charge in [-0.1, -0.05) is 12.1 Å². The van der Waals surface area contributed by atoms with E-state index in [0.29, 0.717) is 24.6 Å². The van der Waals surface area contributed by atoms with Crippen LogP contribution < -0.4 is 0 Å². The largest absolute Gasteiger partial charge is 0.302 e. The zero-order valence-electron chi connectivity index (χ0n) is 15.5. The summed E-state index contributed by atoms with van der Waals surface area (Å²) in [5.74, 6) is 0.454. The van der Waals surface area contributed by atoms with Gasteiger partial charge in [-0.3, -0.25) is 4.90 Å². The van der Waals surface area contributed by atoms with Crippen molar-refractivity contribution in [2.75, 3.05) is 52.1 Å². The number of nitrogens with zero attached hydrogens (tertiary/aromatic N) is 4. The molecule has 2 saturated heterocycles. The SMILES string of the molecule is CS(=O)(=O)N1CC[C@@H](CN2CCCN(Cc3ccc(C#N)cc3)CC2)C1. The minimum absolute atomic E-state index is 0.454. The molecule has 1 atom stereocenters. The second-order valence-corrected chi connectivity index (χ2v) is 9.50. The van der Waals surface area contributed by atoms with Crippen molar-refractivity contribution in [3.63, 3.8) is 0 Å². The van der Waals surface area contributed by atoms with Crippen molar-refractivity contribution in [2.45, 2.75) is 19.4 Å². The van der Waals surface area contributed by atoms with Crippen LogP contribution in [0.25, 0.3) is 0 Å². The molecule has 0 amide bonds. The van der Waals surface area contributed by atoms with E-state index in [2.05, 4.69) is 15.9 Å². The van der Waals surface area contributed by atoms with Crippen LogP contribution in [-0.2, 0) is 16.6 Å². The molecule has 0 aliphatic carbocycles. The molecule has 0 spiro atoms. The summed E-state index contributed by atoms with van der Waals surface area (Å²) in [5.41, 5.74) is 1.95. The Labute approximate surface area is 157 Å². The highest BCUT2D eigenvalue weighted by atomic mass is 32.2. The highest BCUT2D eigenvalue weighted by Crippen LogP contribution is 2.20. The monoisotopic (exact) mass is 376 g/mol. The van der Waals surface area contributed by atoms with Crippen LogP contribution in [0.15, 0.2) is 24.3 Å². The molecular weight excluding hydrogens is 348 g/mol. The third kappa shape index (κ3) is 5.27. The van der Waals surface area contributed by atoms with Gasteiger partial charge in [0.05, 0.1) is 17.9 Å². The standard InChI is InChI=1S/C19H28N4O2S/c1-26(24,25)23-10-7-19(16-23)15-22-9-2-8-21(11-12-22)14-18-5-3-17(13-20)4-6-18/h3-6,19H,2,7-12,14-16H2,1H3/t19-/m0/s1. The molecule has 2 fully saturated rings. The number of hydrogen-bond donors (Lipinski definition) is 0. The second kappa shape index (κ2) is 8.49. The van der Waals surface area contributed by atoms with E-state index in [1.165, 1.54) is 11.8 Å². The van der Waals surface area contributed by atoms with Gasteiger partial charge in [0, 0.05) is 39.3 Å². The molecule has 142 valence electrons. The number of nitriles is 1. The molecule has 0 N–H and O–H groups in total. The third-order valence-electron chi connectivity index (χ3n) is 5.40. The highest BCUT2D eigenvalue weighted by Gasteiger charge is 2.30. The molecule has 7 heteroatoms. The Morgan fingerprint density at radius 3 is 2.42 bits per heavy atom. The lowest BCUT2D eigenvalue weighted by Crippen LogP contribution is -2.35. The van der Waals surface area contributed by atoms with Crippen molar-refractivity contribution in [3.05, 3.63) is 35.4 Å². The molecule has 2 aliphatic heterocycles. The summed E-state index contributed by atoms with van der Waals surface area (Å²) >= 11 is 0. The van der Waals surface area contributed by atoms with Crippen molar-refractivity contribution in [1.82, 2.24) is 14.1 Å². The Hall–Kier alpha value is -1.46. The van der Waals surface area contributed by atoms with E-state index < -0.39 is 10.0 Å². The van der Waals surface area contributed by atoms with Gasteiger partial charge < -0.3 is 4.90 Å². The Balaban J connectivity index is 1.47. The second-order valence-electron chi connectivity index (χ2n) is 7.51. The van der Waals surface area contributed by atoms with E-state index in [1.807, 2.05) is 24.3 Å². The Bertz CT molecular complexity index is 742. The Kier molecular flexibility index (Phi) is 6.30. The van der Waals surface area contributed by atoms with Crippen molar-refractivity contribution < 1.29 is 8.42 Å². The fraction of sp³-hybridized carbons (Fsp3) is 0.632. The summed E-state index contributed by atoms with van der Waals surface area (Å²) in [4.78, 5) is 4.97. The van der Waals surface area contributed by atoms with E-state index in [-0.39, 0.29) is 0 Å². The molecule has 0 bridgehead atoms. The van der Waals surface area contributed by atoms with Crippen LogP contribution in [0, 0.1) is 17.2 Å². The lowest BCUT2D eigenvalue weighted by atomic mass is 10.1. The summed E-state index contributed by atoms with van der Waals surface area (Å²) < 4.78 is 25.0. The minimum atomic E-state index is -3.05. The van der Waals surface area contributed by atoms with Gasteiger partial charge in [-0.25, -0.2) is 12.7 Å². The van der Waals surface area contributed by atoms with Crippen LogP contribution >= 0.6 is 0 Å². The van der Waals surface area contributed by atoms with Crippen LogP contribution in [0.4, 0.5) is 0 Å². The fourth-order valence-electron chi connectivity index (χ4n) is 3.92. The summed E-state index contributed by atoms with van der Waals surface area (Å²) in [6.07, 6.45) is 3.42. The molecule has 0 radical (unpaired) electrons. The Morgan fingerprint density at radius 2 is 1.77 bits per heavy atom. The topological polar surface area (TPSA) is 67.7 Å². The smallest absolute Gasteiger partial charge is 0.211 e. The first kappa shape index (κ1) is 19.3. The van der Waals surface area contributed by atoms with Crippen LogP contribution in [0.3, 0.4) is 0 Å². The number of rotatable bonds is 5. The summed E-state index contributed by atoms with van der Waals surface area (Å²) in [6, 6.07) is 10.0. The van der Waals surface area contributed by atoms with Crippen LogP contribution in [0.2, 0.25) is 0 Å². The van der Waals surface area contributed by atoms with Crippen molar-refractivity contribution in [3.8, 4) is 6.07 Å². The van der Waals surface area contributed by atoms with Crippen LogP contribution in [0.5, 0.6) is 0 Å². The van der Waals surface area contributed by atoms with E-state index in [1.54, 1.807) is 4.31 Å². The predicted octanol–water partition coefficient (Wildman–Crippen LogP) is 1.35. The zero-order chi connectivity index (χ0) is 18.6. The van der Waals surface area contributed by atoms with Gasteiger partial charge >= 0.3 is 0 Å². The molecule has 0 aromatic heterocycles. The third-order valence-corrected chi connectivity index (χ3v) is 6.67. The van der Waals surface area contributed by atoms with E-state index in [0.717, 1.165) is 52.1 Å². The molecule has 2 aliphatic rings. The van der Waals surface area contributed by atoms with E-state index >= 15 is 0 Å². The van der Waals surface area contributed by atoms with Crippen LogP contribution in [0.1, 0.15) is 24.0 Å². The molecule has 6 nitrogen and oxygen atoms in total. The van der Waals surface area contributed by atoms with Gasteiger partial charge in [0.2, 0.25) is 10.0 Å². The Morgan fingerprint density at radius 1 is 1.08 bits per heavy atom. The van der Waals surface area contributed by atoms with E-state index in [9.17, 15) is 8.42 Å². The number of benzene rings is 1. The van der Waals surface area contributed by atoms with Crippen LogP contribution in [-0.4, -0.2) is 74.6 Å². The lowest BCUT2D eigenvalue weighted by Gasteiger charge is -2.24. The molecule has 1 aromatic carbocycles. The fourth-order valence-corrected chi connectivity index (χ4v) is 4.84. The van der Waals surface area contributed by atoms with Crippen molar-refractivity contribution >= 4 is 10.0 Å². The molecule has 0 saturated carbocycles. The number of sulfonamides is 1. The van der Waals surface area contributed by atoms with Gasteiger partial charge in [0.1, 0.15) is 0 Å². The predicted molar refractivity (Wildman–Crippen MR) is 102 cm³/mol. The average Bonchev–Trinajstić information content (AvgIpc) is 2.98. The van der Waals surface area contributed by atoms with Gasteiger partial charge in [-0.15, -0.1) is 0 Å².